The van der Waals surface area contributed by atoms with Crippen LogP contribution >= 0.6 is 0 Å². The van der Waals surface area contributed by atoms with E-state index in [1.807, 2.05) is 0 Å². The van der Waals surface area contributed by atoms with Crippen LogP contribution < -0.4 is 31.9 Å². The number of esters is 2. The lowest BCUT2D eigenvalue weighted by Crippen LogP contribution is -2.58. The van der Waals surface area contributed by atoms with Crippen LogP contribution in [0.2, 0.25) is 0 Å². The van der Waals surface area contributed by atoms with Crippen molar-refractivity contribution in [2.24, 2.45) is 11.8 Å². The Hall–Kier alpha value is -8.78. The van der Waals surface area contributed by atoms with Crippen LogP contribution in [0.5, 0.6) is 0 Å². The molecule has 0 spiro atoms. The smallest absolute Gasteiger partial charge is 0.408 e. The molecular weight excluding hydrogens is 1020 g/mol. The van der Waals surface area contributed by atoms with Crippen molar-refractivity contribution in [1.29, 1.82) is 0 Å². The maximum atomic E-state index is 13.7. The SMILES string of the molecule is CC(C)[C@H](NC(=O)[C@H](CCC(=O)ON1C(=O)CCC1=O)NC(=O)OCc1ccccc1)C(=O)N[C@@H](C)C(=O)OC(=O)[C@H](C)NC(=O)[C@@H](NC(=O)[C@H](CCC(=O)ON1C(=O)CCC1=O)NC(=O)OCc1ccccc1)C(C)C. The second-order valence-corrected chi connectivity index (χ2v) is 18.3. The van der Waals surface area contributed by atoms with E-state index in [1.165, 1.54) is 27.7 Å². The van der Waals surface area contributed by atoms with Gasteiger partial charge in [-0.15, -0.1) is 10.1 Å². The average Bonchev–Trinajstić information content (AvgIpc) is 3.88. The molecule has 0 saturated carbocycles. The van der Waals surface area contributed by atoms with E-state index in [2.05, 4.69) is 31.9 Å². The minimum atomic E-state index is -1.56. The summed E-state index contributed by atoms with van der Waals surface area (Å²) in [7, 11) is 0. The Morgan fingerprint density at radius 2 is 0.779 bits per heavy atom. The lowest BCUT2D eigenvalue weighted by Gasteiger charge is -2.27. The number of hydrogen-bond acceptors (Lipinski definition) is 19. The average molecular weight is 1080 g/mol. The molecule has 2 saturated heterocycles. The number of nitrogens with zero attached hydrogens (tertiary/aromatic N) is 2. The zero-order valence-corrected chi connectivity index (χ0v) is 43.1. The lowest BCUT2D eigenvalue weighted by atomic mass is 10.0. The van der Waals surface area contributed by atoms with E-state index in [0.29, 0.717) is 21.3 Å². The predicted molar refractivity (Wildman–Crippen MR) is 260 cm³/mol. The molecular formula is C50H62N8O19. The van der Waals surface area contributed by atoms with E-state index < -0.39 is 157 Å². The molecule has 6 atom stereocenters. The summed E-state index contributed by atoms with van der Waals surface area (Å²) < 4.78 is 15.4. The molecule has 0 bridgehead atoms. The molecule has 0 aliphatic carbocycles. The fourth-order valence-corrected chi connectivity index (χ4v) is 7.06. The summed E-state index contributed by atoms with van der Waals surface area (Å²) in [5.74, 6) is -13.0. The number of carbonyl (C=O) groups excluding carboxylic acids is 14. The van der Waals surface area contributed by atoms with Gasteiger partial charge in [-0.2, -0.15) is 0 Å². The molecule has 2 fully saturated rings. The van der Waals surface area contributed by atoms with E-state index in [1.54, 1.807) is 60.7 Å². The van der Waals surface area contributed by atoms with Crippen molar-refractivity contribution in [2.75, 3.05) is 0 Å². The number of hydroxylamine groups is 4. The third-order valence-electron chi connectivity index (χ3n) is 11.4. The van der Waals surface area contributed by atoms with Gasteiger partial charge in [-0.05, 0) is 49.7 Å². The van der Waals surface area contributed by atoms with Crippen LogP contribution in [0.25, 0.3) is 0 Å². The quantitative estimate of drug-likeness (QED) is 0.0327. The highest BCUT2D eigenvalue weighted by Gasteiger charge is 2.37. The van der Waals surface area contributed by atoms with Crippen molar-refractivity contribution in [2.45, 2.75) is 142 Å². The first-order valence-electron chi connectivity index (χ1n) is 24.5. The molecule has 0 unspecified atom stereocenters. The molecule has 77 heavy (non-hydrogen) atoms. The van der Waals surface area contributed by atoms with Crippen molar-refractivity contribution < 1.29 is 91.0 Å². The van der Waals surface area contributed by atoms with Gasteiger partial charge in [-0.1, -0.05) is 88.4 Å². The largest absolute Gasteiger partial charge is 0.445 e. The summed E-state index contributed by atoms with van der Waals surface area (Å²) in [6.07, 6.45) is -4.96. The fourth-order valence-electron chi connectivity index (χ4n) is 7.06. The zero-order chi connectivity index (χ0) is 56.9. The summed E-state index contributed by atoms with van der Waals surface area (Å²) in [5, 5.41) is 14.9. The van der Waals surface area contributed by atoms with Crippen LogP contribution in [-0.2, 0) is 94.6 Å². The standard InChI is InChI=1S/C50H62N8O19/c1-27(2)41(55-43(65)33(53-49(71)73-25-31-13-9-7-10-14-31)17-23-39(63)76-57-35(59)19-20-36(57)60)45(67)51-29(5)47(69)75-48(70)30(6)52-46(68)42(28(3)4)56-44(66)34(54-50(72)74-26-32-15-11-8-12-16-32)18-24-40(64)77-58-37(61)21-22-38(58)62/h7-16,27-30,33-34,41-42H,17-26H2,1-6H3,(H,51,67)(H,52,68)(H,53,71)(H,54,72)(H,55,65)(H,56,66)/t29-,30-,33-,34-,41-,42-/m0/s1. The van der Waals surface area contributed by atoms with Crippen molar-refractivity contribution >= 4 is 83.3 Å². The Labute approximate surface area is 441 Å². The van der Waals surface area contributed by atoms with Gasteiger partial charge < -0.3 is 55.8 Å². The topological polar surface area (TPSA) is 364 Å². The van der Waals surface area contributed by atoms with Gasteiger partial charge >= 0.3 is 36.1 Å². The Kier molecular flexibility index (Phi) is 23.2. The Morgan fingerprint density at radius 3 is 1.09 bits per heavy atom. The number of amides is 10. The summed E-state index contributed by atoms with van der Waals surface area (Å²) in [6, 6.07) is 7.94. The van der Waals surface area contributed by atoms with Crippen LogP contribution in [0.3, 0.4) is 0 Å². The van der Waals surface area contributed by atoms with Crippen molar-refractivity contribution in [3.05, 3.63) is 71.8 Å². The number of carbonyl (C=O) groups is 14. The van der Waals surface area contributed by atoms with Gasteiger partial charge in [0.1, 0.15) is 49.5 Å². The second-order valence-electron chi connectivity index (χ2n) is 18.3. The van der Waals surface area contributed by atoms with E-state index in [9.17, 15) is 67.1 Å². The van der Waals surface area contributed by atoms with Crippen LogP contribution in [-0.4, -0.2) is 130 Å². The molecule has 416 valence electrons. The molecule has 2 aromatic carbocycles. The van der Waals surface area contributed by atoms with Crippen molar-refractivity contribution in [3.63, 3.8) is 0 Å². The molecule has 2 aliphatic heterocycles. The number of alkyl carbamates (subject to hydrolysis) is 2. The Bertz CT molecular complexity index is 2340. The van der Waals surface area contributed by atoms with Crippen molar-refractivity contribution in [1.82, 2.24) is 42.0 Å². The van der Waals surface area contributed by atoms with Crippen LogP contribution in [0.15, 0.2) is 60.7 Å². The summed E-state index contributed by atoms with van der Waals surface area (Å²) >= 11 is 0. The molecule has 27 heteroatoms. The maximum Gasteiger partial charge on any atom is 0.408 e. The van der Waals surface area contributed by atoms with E-state index in [4.69, 9.17) is 23.9 Å². The van der Waals surface area contributed by atoms with Gasteiger partial charge in [0, 0.05) is 25.7 Å². The highest BCUT2D eigenvalue weighted by molar-refractivity contribution is 6.02. The normalized spacial score (nSPS) is 15.5. The molecule has 10 amide bonds. The number of ether oxygens (including phenoxy) is 3. The second kappa shape index (κ2) is 29.3. The highest BCUT2D eigenvalue weighted by atomic mass is 16.7. The number of hydrogen-bond donors (Lipinski definition) is 6. The van der Waals surface area contributed by atoms with Gasteiger partial charge in [-0.25, -0.2) is 28.8 Å². The molecule has 6 N–H and O–H groups in total. The molecule has 4 rings (SSSR count). The van der Waals surface area contributed by atoms with Gasteiger partial charge in [0.25, 0.3) is 23.6 Å². The minimum absolute atomic E-state index is 0.166. The number of benzene rings is 2. The lowest BCUT2D eigenvalue weighted by molar-refractivity contribution is -0.197. The van der Waals surface area contributed by atoms with Gasteiger partial charge in [0.2, 0.25) is 23.6 Å². The molecule has 0 radical (unpaired) electrons. The predicted octanol–water partition coefficient (Wildman–Crippen LogP) is 0.712. The van der Waals surface area contributed by atoms with Gasteiger partial charge in [-0.3, -0.25) is 38.4 Å². The first-order chi connectivity index (χ1) is 36.4. The number of nitrogens with one attached hydrogen (secondary N) is 6. The molecule has 2 aromatic rings. The third kappa shape index (κ3) is 19.5. The number of rotatable bonds is 26. The number of imide groups is 2. The highest BCUT2D eigenvalue weighted by Crippen LogP contribution is 2.16. The zero-order valence-electron chi connectivity index (χ0n) is 43.1. The summed E-state index contributed by atoms with van der Waals surface area (Å²) in [5.41, 5.74) is 1.21. The summed E-state index contributed by atoms with van der Waals surface area (Å²) in [6.45, 7) is 8.04. The van der Waals surface area contributed by atoms with Crippen molar-refractivity contribution in [3.8, 4) is 0 Å². The molecule has 2 heterocycles. The van der Waals surface area contributed by atoms with Crippen LogP contribution in [0.4, 0.5) is 9.59 Å². The molecule has 27 nitrogen and oxygen atoms in total. The Morgan fingerprint density at radius 1 is 0.455 bits per heavy atom. The van der Waals surface area contributed by atoms with Gasteiger partial charge in [0.05, 0.1) is 12.8 Å². The maximum absolute atomic E-state index is 13.7. The Balaban J connectivity index is 1.35. The van der Waals surface area contributed by atoms with E-state index in [0.717, 1.165) is 13.8 Å². The first-order valence-corrected chi connectivity index (χ1v) is 24.5. The first kappa shape index (κ1) is 60.8. The summed E-state index contributed by atoms with van der Waals surface area (Å²) in [4.78, 5) is 189. The van der Waals surface area contributed by atoms with Crippen LogP contribution in [0, 0.1) is 11.8 Å². The van der Waals surface area contributed by atoms with Crippen LogP contribution in [0.1, 0.15) is 104 Å². The monoisotopic (exact) mass is 1080 g/mol. The third-order valence-corrected chi connectivity index (χ3v) is 11.4. The van der Waals surface area contributed by atoms with E-state index in [-0.39, 0.29) is 38.9 Å². The molecule has 2 aliphatic rings. The minimum Gasteiger partial charge on any atom is -0.445 e. The van der Waals surface area contributed by atoms with Gasteiger partial charge in [0.15, 0.2) is 0 Å². The van der Waals surface area contributed by atoms with E-state index >= 15 is 0 Å². The fraction of sp³-hybridized carbons (Fsp3) is 0.480. The molecule has 0 aromatic heterocycles.